The van der Waals surface area contributed by atoms with Crippen LogP contribution in [0.25, 0.3) is 0 Å². The summed E-state index contributed by atoms with van der Waals surface area (Å²) >= 11 is 0. The van der Waals surface area contributed by atoms with Gasteiger partial charge in [0.05, 0.1) is 25.4 Å². The smallest absolute Gasteiger partial charge is 0.220 e. The van der Waals surface area contributed by atoms with E-state index in [9.17, 15) is 30.3 Å². The molecule has 1 aliphatic rings. The SMILES string of the molecule is CCCC/C=C/C(O)C(COC1OC(CO)C(O)C(O)C1O)NC(=O)CCCCCCCCCCCCCCC/C=C\CCCCCCCCCC. The summed E-state index contributed by atoms with van der Waals surface area (Å²) < 4.78 is 11.1. The zero-order valence-corrected chi connectivity index (χ0v) is 33.3. The van der Waals surface area contributed by atoms with Crippen molar-refractivity contribution in [3.8, 4) is 0 Å². The zero-order chi connectivity index (χ0) is 38.1. The lowest BCUT2D eigenvalue weighted by Crippen LogP contribution is -2.60. The van der Waals surface area contributed by atoms with Crippen molar-refractivity contribution in [3.63, 3.8) is 0 Å². The number of unbranched alkanes of at least 4 members (excludes halogenated alkanes) is 23. The highest BCUT2D eigenvalue weighted by Gasteiger charge is 2.44. The van der Waals surface area contributed by atoms with Crippen molar-refractivity contribution >= 4 is 5.91 Å². The Balaban J connectivity index is 2.10. The van der Waals surface area contributed by atoms with Crippen LogP contribution in [0.15, 0.2) is 24.3 Å². The predicted octanol–water partition coefficient (Wildman–Crippen LogP) is 8.33. The first-order valence-electron chi connectivity index (χ1n) is 21.6. The van der Waals surface area contributed by atoms with Crippen LogP contribution in [0.4, 0.5) is 0 Å². The summed E-state index contributed by atoms with van der Waals surface area (Å²) in [6, 6.07) is -0.797. The van der Waals surface area contributed by atoms with Gasteiger partial charge >= 0.3 is 0 Å². The van der Waals surface area contributed by atoms with Crippen LogP contribution >= 0.6 is 0 Å². The molecule has 0 spiro atoms. The number of aliphatic hydroxyl groups is 5. The third-order valence-electron chi connectivity index (χ3n) is 10.3. The molecule has 1 rings (SSSR count). The van der Waals surface area contributed by atoms with Crippen molar-refractivity contribution in [2.24, 2.45) is 0 Å². The minimum absolute atomic E-state index is 0.186. The number of aliphatic hydroxyl groups excluding tert-OH is 5. The number of hydrogen-bond acceptors (Lipinski definition) is 8. The summed E-state index contributed by atoms with van der Waals surface area (Å²) in [5.41, 5.74) is 0. The largest absolute Gasteiger partial charge is 0.394 e. The minimum atomic E-state index is -1.56. The molecule has 0 radical (unpaired) electrons. The molecule has 0 aromatic carbocycles. The Bertz CT molecular complexity index is 868. The molecule has 7 atom stereocenters. The Morgan fingerprint density at radius 2 is 1.10 bits per heavy atom. The van der Waals surface area contributed by atoms with Crippen LogP contribution in [-0.4, -0.2) is 87.5 Å². The van der Waals surface area contributed by atoms with Gasteiger partial charge in [-0.1, -0.05) is 167 Å². The number of carbonyl (C=O) groups excluding carboxylic acids is 1. The van der Waals surface area contributed by atoms with Crippen molar-refractivity contribution in [2.45, 2.75) is 230 Å². The van der Waals surface area contributed by atoms with E-state index in [1.807, 2.05) is 6.08 Å². The van der Waals surface area contributed by atoms with Crippen LogP contribution in [0.5, 0.6) is 0 Å². The first-order valence-corrected chi connectivity index (χ1v) is 21.6. The lowest BCUT2D eigenvalue weighted by atomic mass is 9.99. The quantitative estimate of drug-likeness (QED) is 0.0281. The van der Waals surface area contributed by atoms with Crippen molar-refractivity contribution in [1.29, 1.82) is 0 Å². The third-order valence-corrected chi connectivity index (χ3v) is 10.3. The summed E-state index contributed by atoms with van der Waals surface area (Å²) in [5, 5.41) is 53.5. The van der Waals surface area contributed by atoms with Crippen LogP contribution < -0.4 is 5.32 Å². The van der Waals surface area contributed by atoms with E-state index in [0.29, 0.717) is 6.42 Å². The highest BCUT2D eigenvalue weighted by Crippen LogP contribution is 2.22. The summed E-state index contributed by atoms with van der Waals surface area (Å²) in [6.45, 7) is 3.61. The molecular weight excluding hydrogens is 658 g/mol. The Labute approximate surface area is 318 Å². The minimum Gasteiger partial charge on any atom is -0.394 e. The Kier molecular flexibility index (Phi) is 32.0. The molecule has 1 saturated heterocycles. The molecule has 6 N–H and O–H groups in total. The summed E-state index contributed by atoms with van der Waals surface area (Å²) in [7, 11) is 0. The number of carbonyl (C=O) groups is 1. The highest BCUT2D eigenvalue weighted by atomic mass is 16.7. The summed E-state index contributed by atoms with van der Waals surface area (Å²) in [4.78, 5) is 12.8. The average molecular weight is 740 g/mol. The molecule has 9 nitrogen and oxygen atoms in total. The molecule has 0 aromatic rings. The number of ether oxygens (including phenoxy) is 2. The molecule has 306 valence electrons. The van der Waals surface area contributed by atoms with Crippen molar-refractivity contribution in [3.05, 3.63) is 24.3 Å². The van der Waals surface area contributed by atoms with E-state index in [0.717, 1.165) is 38.5 Å². The van der Waals surface area contributed by atoms with E-state index in [-0.39, 0.29) is 12.5 Å². The second-order valence-corrected chi connectivity index (χ2v) is 15.1. The van der Waals surface area contributed by atoms with E-state index in [1.54, 1.807) is 6.08 Å². The number of nitrogens with one attached hydrogen (secondary N) is 1. The van der Waals surface area contributed by atoms with Gasteiger partial charge in [-0.25, -0.2) is 0 Å². The van der Waals surface area contributed by atoms with Gasteiger partial charge in [0.1, 0.15) is 24.4 Å². The van der Waals surface area contributed by atoms with Crippen molar-refractivity contribution < 1.29 is 39.8 Å². The Morgan fingerprint density at radius 1 is 0.635 bits per heavy atom. The van der Waals surface area contributed by atoms with E-state index in [2.05, 4.69) is 31.3 Å². The number of rotatable bonds is 35. The second kappa shape index (κ2) is 34.2. The van der Waals surface area contributed by atoms with E-state index >= 15 is 0 Å². The normalized spacial score (nSPS) is 22.0. The number of allylic oxidation sites excluding steroid dienone is 3. The lowest BCUT2D eigenvalue weighted by molar-refractivity contribution is -0.302. The van der Waals surface area contributed by atoms with Gasteiger partial charge in [-0.05, 0) is 38.5 Å². The van der Waals surface area contributed by atoms with Crippen LogP contribution in [-0.2, 0) is 14.3 Å². The van der Waals surface area contributed by atoms with Crippen LogP contribution in [0.2, 0.25) is 0 Å². The molecule has 0 aliphatic carbocycles. The molecule has 9 heteroatoms. The first-order chi connectivity index (χ1) is 25.3. The number of hydrogen-bond donors (Lipinski definition) is 6. The van der Waals surface area contributed by atoms with Gasteiger partial charge in [-0.3, -0.25) is 4.79 Å². The maximum absolute atomic E-state index is 12.8. The van der Waals surface area contributed by atoms with Crippen LogP contribution in [0.1, 0.15) is 187 Å². The molecule has 1 fully saturated rings. The van der Waals surface area contributed by atoms with Crippen molar-refractivity contribution in [2.75, 3.05) is 13.2 Å². The van der Waals surface area contributed by atoms with Gasteiger partial charge < -0.3 is 40.3 Å². The summed E-state index contributed by atoms with van der Waals surface area (Å²) in [6.07, 6.45) is 33.0. The maximum Gasteiger partial charge on any atom is 0.220 e. The molecule has 52 heavy (non-hydrogen) atoms. The molecule has 1 amide bonds. The highest BCUT2D eigenvalue weighted by molar-refractivity contribution is 5.76. The second-order valence-electron chi connectivity index (χ2n) is 15.1. The molecule has 0 saturated carbocycles. The summed E-state index contributed by atoms with van der Waals surface area (Å²) in [5.74, 6) is -0.186. The lowest BCUT2D eigenvalue weighted by Gasteiger charge is -2.40. The van der Waals surface area contributed by atoms with Crippen molar-refractivity contribution in [1.82, 2.24) is 5.32 Å². The van der Waals surface area contributed by atoms with Crippen LogP contribution in [0, 0.1) is 0 Å². The monoisotopic (exact) mass is 740 g/mol. The van der Waals surface area contributed by atoms with E-state index in [4.69, 9.17) is 9.47 Å². The van der Waals surface area contributed by atoms with Gasteiger partial charge in [0.15, 0.2) is 6.29 Å². The fraction of sp³-hybridized carbons (Fsp3) is 0.884. The Morgan fingerprint density at radius 3 is 1.60 bits per heavy atom. The standard InChI is InChI=1S/C43H81NO8/c1-3-5-7-9-10-11-12-13-14-15-16-17-18-19-20-21-22-23-24-25-26-27-28-29-31-33-39(47)44-36(37(46)32-30-8-6-4-2)35-51-43-42(50)41(49)40(48)38(34-45)52-43/h15-16,30,32,36-38,40-43,45-46,48-50H,3-14,17-29,31,33-35H2,1-2H3,(H,44,47)/b16-15-,32-30+. The molecule has 7 unspecified atom stereocenters. The average Bonchev–Trinajstić information content (AvgIpc) is 3.14. The first kappa shape index (κ1) is 48.7. The Hall–Kier alpha value is -1.33. The zero-order valence-electron chi connectivity index (χ0n) is 33.3. The fourth-order valence-corrected chi connectivity index (χ4v) is 6.72. The van der Waals surface area contributed by atoms with Gasteiger partial charge in [-0.2, -0.15) is 0 Å². The van der Waals surface area contributed by atoms with Crippen LogP contribution in [0.3, 0.4) is 0 Å². The maximum atomic E-state index is 12.8. The van der Waals surface area contributed by atoms with Gasteiger partial charge in [0.25, 0.3) is 0 Å². The van der Waals surface area contributed by atoms with E-state index in [1.165, 1.54) is 128 Å². The van der Waals surface area contributed by atoms with Gasteiger partial charge in [-0.15, -0.1) is 0 Å². The molecule has 1 heterocycles. The van der Waals surface area contributed by atoms with E-state index < -0.39 is 49.5 Å². The molecular formula is C43H81NO8. The molecule has 0 aromatic heterocycles. The predicted molar refractivity (Wildman–Crippen MR) is 212 cm³/mol. The van der Waals surface area contributed by atoms with Gasteiger partial charge in [0, 0.05) is 6.42 Å². The fourth-order valence-electron chi connectivity index (χ4n) is 6.72. The van der Waals surface area contributed by atoms with Gasteiger partial charge in [0.2, 0.25) is 5.91 Å². The number of amides is 1. The third kappa shape index (κ3) is 24.9. The molecule has 1 aliphatic heterocycles. The topological polar surface area (TPSA) is 149 Å². The molecule has 0 bridgehead atoms.